The molecule has 0 aliphatic rings. The molecule has 0 aliphatic heterocycles. The van der Waals surface area contributed by atoms with E-state index in [1.165, 1.54) is 12.1 Å². The molecule has 0 unspecified atom stereocenters. The van der Waals surface area contributed by atoms with Gasteiger partial charge in [-0.2, -0.15) is 0 Å². The van der Waals surface area contributed by atoms with Crippen molar-refractivity contribution < 1.29 is 4.39 Å². The topological polar surface area (TPSA) is 28.7 Å². The number of benzene rings is 2. The number of aromatic amines is 1. The Kier molecular flexibility index (Phi) is 2.56. The second-order valence-electron chi connectivity index (χ2n) is 4.23. The molecule has 0 bridgehead atoms. The van der Waals surface area contributed by atoms with Crippen LogP contribution in [0.25, 0.3) is 22.4 Å². The molecule has 0 radical (unpaired) electrons. The fourth-order valence-electron chi connectivity index (χ4n) is 1.93. The van der Waals surface area contributed by atoms with E-state index in [0.29, 0.717) is 16.4 Å². The van der Waals surface area contributed by atoms with Crippen LogP contribution < -0.4 is 0 Å². The maximum atomic E-state index is 13.1. The summed E-state index contributed by atoms with van der Waals surface area (Å²) in [4.78, 5) is 7.50. The van der Waals surface area contributed by atoms with Gasteiger partial charge >= 0.3 is 0 Å². The molecule has 3 aromatic rings. The lowest BCUT2D eigenvalue weighted by Crippen LogP contribution is -1.83. The molecule has 0 amide bonds. The molecule has 1 aromatic heterocycles. The first-order valence-electron chi connectivity index (χ1n) is 5.55. The minimum Gasteiger partial charge on any atom is -0.338 e. The molecular weight excluding hydrogens is 251 g/mol. The number of nitrogens with zero attached hydrogens (tertiary/aromatic N) is 1. The molecule has 0 saturated carbocycles. The maximum absolute atomic E-state index is 13.1. The van der Waals surface area contributed by atoms with Gasteiger partial charge < -0.3 is 4.98 Å². The monoisotopic (exact) mass is 260 g/mol. The lowest BCUT2D eigenvalue weighted by molar-refractivity contribution is 0.629. The lowest BCUT2D eigenvalue weighted by atomic mass is 10.1. The molecule has 90 valence electrons. The molecule has 0 atom stereocenters. The van der Waals surface area contributed by atoms with Gasteiger partial charge in [-0.05, 0) is 37.3 Å². The molecule has 0 saturated heterocycles. The van der Waals surface area contributed by atoms with Crippen LogP contribution in [-0.4, -0.2) is 9.97 Å². The smallest absolute Gasteiger partial charge is 0.140 e. The quantitative estimate of drug-likeness (QED) is 0.693. The van der Waals surface area contributed by atoms with E-state index < -0.39 is 0 Å². The van der Waals surface area contributed by atoms with Crippen molar-refractivity contribution in [2.75, 3.05) is 0 Å². The summed E-state index contributed by atoms with van der Waals surface area (Å²) in [5, 5.41) is 0.625. The fraction of sp³-hybridized carbons (Fsp3) is 0.0714. The minimum atomic E-state index is -0.284. The highest BCUT2D eigenvalue weighted by Crippen LogP contribution is 2.28. The van der Waals surface area contributed by atoms with Crippen molar-refractivity contribution >= 4 is 22.6 Å². The number of hydrogen-bond acceptors (Lipinski definition) is 1. The van der Waals surface area contributed by atoms with Crippen LogP contribution in [-0.2, 0) is 0 Å². The van der Waals surface area contributed by atoms with Gasteiger partial charge in [0, 0.05) is 5.56 Å². The molecule has 2 nitrogen and oxygen atoms in total. The second-order valence-corrected chi connectivity index (χ2v) is 4.64. The summed E-state index contributed by atoms with van der Waals surface area (Å²) < 4.78 is 13.1. The van der Waals surface area contributed by atoms with Crippen molar-refractivity contribution in [3.05, 3.63) is 52.8 Å². The van der Waals surface area contributed by atoms with Gasteiger partial charge in [-0.25, -0.2) is 9.37 Å². The van der Waals surface area contributed by atoms with Crippen molar-refractivity contribution in [1.82, 2.24) is 9.97 Å². The lowest BCUT2D eigenvalue weighted by Gasteiger charge is -2.01. The normalized spacial score (nSPS) is 11.1. The largest absolute Gasteiger partial charge is 0.338 e. The van der Waals surface area contributed by atoms with E-state index in [0.717, 1.165) is 16.6 Å². The van der Waals surface area contributed by atoms with Gasteiger partial charge in [0.1, 0.15) is 11.6 Å². The SMILES string of the molecule is Cc1ccc(Cl)c(-c2nc3ccc(F)cc3[nH]2)c1. The molecule has 1 heterocycles. The van der Waals surface area contributed by atoms with Crippen molar-refractivity contribution in [3.8, 4) is 11.4 Å². The first-order valence-corrected chi connectivity index (χ1v) is 5.93. The van der Waals surface area contributed by atoms with E-state index in [1.54, 1.807) is 6.07 Å². The highest BCUT2D eigenvalue weighted by Gasteiger charge is 2.09. The highest BCUT2D eigenvalue weighted by atomic mass is 35.5. The zero-order chi connectivity index (χ0) is 12.7. The molecule has 18 heavy (non-hydrogen) atoms. The number of rotatable bonds is 1. The predicted octanol–water partition coefficient (Wildman–Crippen LogP) is 4.33. The third kappa shape index (κ3) is 1.87. The maximum Gasteiger partial charge on any atom is 0.140 e. The van der Waals surface area contributed by atoms with Crippen LogP contribution in [0.15, 0.2) is 36.4 Å². The van der Waals surface area contributed by atoms with Crippen molar-refractivity contribution in [1.29, 1.82) is 0 Å². The number of aryl methyl sites for hydroxylation is 1. The van der Waals surface area contributed by atoms with Crippen LogP contribution in [0.3, 0.4) is 0 Å². The summed E-state index contributed by atoms with van der Waals surface area (Å²) in [6.07, 6.45) is 0. The van der Waals surface area contributed by atoms with Crippen LogP contribution in [0, 0.1) is 12.7 Å². The third-order valence-corrected chi connectivity index (χ3v) is 3.15. The minimum absolute atomic E-state index is 0.284. The molecule has 1 N–H and O–H groups in total. The summed E-state index contributed by atoms with van der Waals surface area (Å²) in [6, 6.07) is 10.2. The van der Waals surface area contributed by atoms with Crippen molar-refractivity contribution in [2.45, 2.75) is 6.92 Å². The average Bonchev–Trinajstić information content (AvgIpc) is 2.74. The van der Waals surface area contributed by atoms with Crippen LogP contribution in [0.2, 0.25) is 5.02 Å². The number of fused-ring (bicyclic) bond motifs is 1. The number of nitrogens with one attached hydrogen (secondary N) is 1. The predicted molar refractivity (Wildman–Crippen MR) is 71.2 cm³/mol. The van der Waals surface area contributed by atoms with E-state index >= 15 is 0 Å². The zero-order valence-electron chi connectivity index (χ0n) is 9.67. The van der Waals surface area contributed by atoms with Crippen LogP contribution >= 0.6 is 11.6 Å². The Morgan fingerprint density at radius 1 is 1.17 bits per heavy atom. The first kappa shape index (κ1) is 11.2. The third-order valence-electron chi connectivity index (χ3n) is 2.82. The van der Waals surface area contributed by atoms with Crippen LogP contribution in [0.4, 0.5) is 4.39 Å². The summed E-state index contributed by atoms with van der Waals surface area (Å²) in [5.74, 6) is 0.373. The van der Waals surface area contributed by atoms with Gasteiger partial charge in [-0.15, -0.1) is 0 Å². The summed E-state index contributed by atoms with van der Waals surface area (Å²) >= 11 is 6.16. The molecule has 3 rings (SSSR count). The number of H-pyrrole nitrogens is 1. The Morgan fingerprint density at radius 3 is 2.83 bits per heavy atom. The van der Waals surface area contributed by atoms with E-state index in [2.05, 4.69) is 9.97 Å². The zero-order valence-corrected chi connectivity index (χ0v) is 10.4. The van der Waals surface area contributed by atoms with Gasteiger partial charge in [0.15, 0.2) is 0 Å². The van der Waals surface area contributed by atoms with E-state index in [4.69, 9.17) is 11.6 Å². The summed E-state index contributed by atoms with van der Waals surface area (Å²) in [5.41, 5.74) is 3.32. The number of hydrogen-bond donors (Lipinski definition) is 1. The van der Waals surface area contributed by atoms with Crippen molar-refractivity contribution in [2.24, 2.45) is 0 Å². The summed E-state index contributed by atoms with van der Waals surface area (Å²) in [6.45, 7) is 1.99. The van der Waals surface area contributed by atoms with Gasteiger partial charge in [0.25, 0.3) is 0 Å². The fourth-order valence-corrected chi connectivity index (χ4v) is 2.14. The average molecular weight is 261 g/mol. The Bertz CT molecular complexity index is 734. The molecule has 2 aromatic carbocycles. The molecule has 0 fully saturated rings. The summed E-state index contributed by atoms with van der Waals surface area (Å²) in [7, 11) is 0. The standard InChI is InChI=1S/C14H10ClFN2/c1-8-2-4-11(15)10(6-8)14-17-12-5-3-9(16)7-13(12)18-14/h2-7H,1H3,(H,17,18). The number of imidazole rings is 1. The van der Waals surface area contributed by atoms with Gasteiger partial charge in [0.2, 0.25) is 0 Å². The first-order chi connectivity index (χ1) is 8.63. The molecular formula is C14H10ClFN2. The van der Waals surface area contributed by atoms with Gasteiger partial charge in [-0.1, -0.05) is 23.2 Å². The highest BCUT2D eigenvalue weighted by molar-refractivity contribution is 6.33. The molecule has 4 heteroatoms. The van der Waals surface area contributed by atoms with Crippen LogP contribution in [0.5, 0.6) is 0 Å². The van der Waals surface area contributed by atoms with Crippen molar-refractivity contribution in [3.63, 3.8) is 0 Å². The molecule has 0 aliphatic carbocycles. The second kappa shape index (κ2) is 4.10. The number of aromatic nitrogens is 2. The van der Waals surface area contributed by atoms with Gasteiger partial charge in [0.05, 0.1) is 16.1 Å². The Morgan fingerprint density at radius 2 is 2.00 bits per heavy atom. The van der Waals surface area contributed by atoms with E-state index in [1.807, 2.05) is 25.1 Å². The van der Waals surface area contributed by atoms with Gasteiger partial charge in [-0.3, -0.25) is 0 Å². The Labute approximate surface area is 108 Å². The molecule has 0 spiro atoms. The number of halogens is 2. The Hall–Kier alpha value is -1.87. The van der Waals surface area contributed by atoms with E-state index in [-0.39, 0.29) is 5.82 Å². The van der Waals surface area contributed by atoms with Crippen LogP contribution in [0.1, 0.15) is 5.56 Å². The Balaban J connectivity index is 2.22. The van der Waals surface area contributed by atoms with E-state index in [9.17, 15) is 4.39 Å².